The molecule has 95 heavy (non-hydrogen) atoms. The number of hydrogen-bond acceptors (Lipinski definition) is 19. The zero-order valence-electron chi connectivity index (χ0n) is 54.1. The maximum absolute atomic E-state index is 15.0. The van der Waals surface area contributed by atoms with E-state index in [0.29, 0.717) is 6.04 Å². The molecular weight excluding hydrogens is 1230 g/mol. The number of hydrogen-bond donors (Lipinski definition) is 0. The molecule has 4 fully saturated rings. The van der Waals surface area contributed by atoms with Gasteiger partial charge in [0.1, 0.15) is 68.1 Å². The van der Waals surface area contributed by atoms with Crippen LogP contribution in [0.15, 0.2) is 212 Å². The Balaban J connectivity index is 1.06. The monoisotopic (exact) mass is 1310 g/mol. The van der Waals surface area contributed by atoms with E-state index >= 15 is 0 Å². The zero-order chi connectivity index (χ0) is 66.3. The molecular formula is C75H82O19Si. The second-order valence-corrected chi connectivity index (χ2v) is 31.0. The summed E-state index contributed by atoms with van der Waals surface area (Å²) in [5.41, 5.74) is 3.50. The molecule has 0 bridgehead atoms. The Kier molecular flexibility index (Phi) is 23.3. The van der Waals surface area contributed by atoms with E-state index in [2.05, 4.69) is 19.6 Å². The molecule has 0 aliphatic carbocycles. The third kappa shape index (κ3) is 18.4. The first-order chi connectivity index (χ1) is 46.0. The molecule has 0 radical (unpaired) electrons. The molecule has 0 aromatic heterocycles. The molecule has 4 aliphatic rings. The summed E-state index contributed by atoms with van der Waals surface area (Å²) in [6.07, 6.45) is -19.2. The van der Waals surface area contributed by atoms with Gasteiger partial charge in [-0.2, -0.15) is 0 Å². The molecule has 0 unspecified atom stereocenters. The molecule has 7 aromatic rings. The van der Waals surface area contributed by atoms with Crippen molar-refractivity contribution in [3.8, 4) is 0 Å². The normalized spacial score (nSPS) is 27.1. The first kappa shape index (κ1) is 68.6. The molecule has 20 heteroatoms. The van der Waals surface area contributed by atoms with E-state index in [1.165, 1.54) is 0 Å². The third-order valence-electron chi connectivity index (χ3n) is 16.6. The minimum atomic E-state index is -1.85. The lowest BCUT2D eigenvalue weighted by atomic mass is 9.95. The van der Waals surface area contributed by atoms with Gasteiger partial charge in [-0.15, -0.1) is 0 Å². The lowest BCUT2D eigenvalue weighted by molar-refractivity contribution is -0.386. The van der Waals surface area contributed by atoms with Gasteiger partial charge >= 0.3 is 23.9 Å². The summed E-state index contributed by atoms with van der Waals surface area (Å²) in [5.74, 6) is -4.22. The predicted octanol–water partition coefficient (Wildman–Crippen LogP) is 11.7. The number of carbonyl (C=O) groups excluding carboxylic acids is 4. The predicted molar refractivity (Wildman–Crippen MR) is 349 cm³/mol. The molecule has 0 saturated carbocycles. The first-order valence-corrected chi connectivity index (χ1v) is 35.9. The van der Waals surface area contributed by atoms with Crippen LogP contribution in [0.2, 0.25) is 25.7 Å². The van der Waals surface area contributed by atoms with Gasteiger partial charge < -0.3 is 71.1 Å². The van der Waals surface area contributed by atoms with Crippen LogP contribution in [0.25, 0.3) is 0 Å². The Morgan fingerprint density at radius 1 is 0.389 bits per heavy atom. The molecule has 0 amide bonds. The van der Waals surface area contributed by atoms with Crippen LogP contribution in [0.5, 0.6) is 0 Å². The van der Waals surface area contributed by atoms with E-state index in [9.17, 15) is 19.2 Å². The molecule has 15 atom stereocenters. The molecule has 4 heterocycles. The SMILES string of the molecule is C[C@@H]1O[C@@H](O[C@@H]2[C@@H](OC(=O)c3ccccc3)[C@@H](OCC[Si](C)(C)C)O[C@H](COC(=O)c3ccccc3)[C@H]2O[C@@H]2O[C@H](COC(=O)c3ccccc3)[C@@H]3OC(C)(C)O[C@@H]3[C@H]2OC(=O)c2ccccc2)[C@@H](OCc2ccccc2)[C@H](OCc2ccccc2)[C@@H]1OCc1ccccc1. The van der Waals surface area contributed by atoms with E-state index in [-0.39, 0.29) is 48.7 Å². The fourth-order valence-corrected chi connectivity index (χ4v) is 12.5. The van der Waals surface area contributed by atoms with Crippen LogP contribution in [-0.4, -0.2) is 150 Å². The molecule has 0 N–H and O–H groups in total. The average Bonchev–Trinajstić information content (AvgIpc) is 1.75. The van der Waals surface area contributed by atoms with Crippen LogP contribution in [0.4, 0.5) is 0 Å². The highest BCUT2D eigenvalue weighted by molar-refractivity contribution is 6.76. The summed E-state index contributed by atoms with van der Waals surface area (Å²) in [7, 11) is -1.85. The lowest BCUT2D eigenvalue weighted by Gasteiger charge is -2.51. The first-order valence-electron chi connectivity index (χ1n) is 32.2. The Hall–Kier alpha value is -7.80. The van der Waals surface area contributed by atoms with Gasteiger partial charge in [0.2, 0.25) is 0 Å². The van der Waals surface area contributed by atoms with Crippen molar-refractivity contribution in [3.05, 3.63) is 251 Å². The number of fused-ring (bicyclic) bond motifs is 1. The van der Waals surface area contributed by atoms with Crippen molar-refractivity contribution in [1.82, 2.24) is 0 Å². The van der Waals surface area contributed by atoms with Gasteiger partial charge in [0.25, 0.3) is 0 Å². The number of esters is 4. The van der Waals surface area contributed by atoms with Gasteiger partial charge in [-0.1, -0.05) is 183 Å². The lowest BCUT2D eigenvalue weighted by Crippen LogP contribution is -2.68. The number of carbonyl (C=O) groups is 4. The second kappa shape index (κ2) is 32.3. The van der Waals surface area contributed by atoms with Crippen molar-refractivity contribution in [1.29, 1.82) is 0 Å². The van der Waals surface area contributed by atoms with Crippen LogP contribution >= 0.6 is 0 Å². The Bertz CT molecular complexity index is 3530. The van der Waals surface area contributed by atoms with E-state index in [4.69, 9.17) is 71.1 Å². The van der Waals surface area contributed by atoms with Crippen LogP contribution in [0, 0.1) is 0 Å². The molecule has 4 aliphatic heterocycles. The summed E-state index contributed by atoms with van der Waals surface area (Å²) in [4.78, 5) is 57.6. The fourth-order valence-electron chi connectivity index (χ4n) is 11.7. The van der Waals surface area contributed by atoms with Gasteiger partial charge in [-0.25, -0.2) is 19.2 Å². The summed E-state index contributed by atoms with van der Waals surface area (Å²) >= 11 is 0. The maximum Gasteiger partial charge on any atom is 0.338 e. The highest BCUT2D eigenvalue weighted by Gasteiger charge is 2.61. The van der Waals surface area contributed by atoms with Crippen molar-refractivity contribution < 1.29 is 90.2 Å². The summed E-state index contributed by atoms with van der Waals surface area (Å²) in [6.45, 7) is 11.4. The van der Waals surface area contributed by atoms with Crippen molar-refractivity contribution in [3.63, 3.8) is 0 Å². The molecule has 0 spiro atoms. The van der Waals surface area contributed by atoms with Gasteiger partial charge in [-0.05, 0) is 92.0 Å². The quantitative estimate of drug-likeness (QED) is 0.0266. The van der Waals surface area contributed by atoms with Crippen molar-refractivity contribution in [2.75, 3.05) is 19.8 Å². The Morgan fingerprint density at radius 3 is 1.24 bits per heavy atom. The van der Waals surface area contributed by atoms with Crippen molar-refractivity contribution in [2.45, 2.75) is 164 Å². The fraction of sp³-hybridized carbons (Fsp3) is 0.387. The Labute approximate surface area is 555 Å². The topological polar surface area (TPSA) is 207 Å². The van der Waals surface area contributed by atoms with Gasteiger partial charge in [0.05, 0.1) is 48.2 Å². The van der Waals surface area contributed by atoms with E-state index in [0.717, 1.165) is 16.7 Å². The van der Waals surface area contributed by atoms with Crippen LogP contribution in [0.1, 0.15) is 78.9 Å². The molecule has 7 aromatic carbocycles. The van der Waals surface area contributed by atoms with E-state index in [1.54, 1.807) is 135 Å². The van der Waals surface area contributed by atoms with Gasteiger partial charge in [0.15, 0.2) is 36.9 Å². The minimum Gasteiger partial charge on any atom is -0.459 e. The smallest absolute Gasteiger partial charge is 0.338 e. The summed E-state index contributed by atoms with van der Waals surface area (Å²) in [5, 5.41) is 0. The highest BCUT2D eigenvalue weighted by atomic mass is 28.3. The van der Waals surface area contributed by atoms with E-state index in [1.807, 2.05) is 97.9 Å². The largest absolute Gasteiger partial charge is 0.459 e. The van der Waals surface area contributed by atoms with Crippen LogP contribution in [0.3, 0.4) is 0 Å². The number of rotatable bonds is 27. The van der Waals surface area contributed by atoms with Crippen LogP contribution < -0.4 is 0 Å². The highest BCUT2D eigenvalue weighted by Crippen LogP contribution is 2.43. The van der Waals surface area contributed by atoms with E-state index < -0.39 is 143 Å². The van der Waals surface area contributed by atoms with Crippen LogP contribution in [-0.2, 0) is 90.9 Å². The summed E-state index contributed by atoms with van der Waals surface area (Å²) in [6, 6.07) is 63.3. The molecule has 11 rings (SSSR count). The average molecular weight is 1320 g/mol. The molecule has 4 saturated heterocycles. The summed E-state index contributed by atoms with van der Waals surface area (Å²) < 4.78 is 103. The van der Waals surface area contributed by atoms with Crippen molar-refractivity contribution >= 4 is 32.0 Å². The standard InChI is InChI=1S/C75H82O19Si/c1-49-59(81-44-50-28-14-7-15-29-50)62(82-45-51-30-16-8-17-31-51)65(83-46-52-32-18-9-19-33-52)73(86-49)92-63-60(57(47-84-68(76)53-34-20-10-21-35-53)87-72(80-42-43-95(4,5)6)66(63)89-70(78)55-38-24-12-25-39-55)91-74-67(90-71(79)56-40-26-13-27-41-56)64-61(93-75(2,3)94-64)58(88-74)48-85-69(77)54-36-22-11-23-37-54/h7-41,49,57-67,72-74H,42-48H2,1-6H3/t49-,57+,58+,59+,60+,61-,62+,63-,64-,65-,66+,67+,72-,73-,74-/m0/s1. The zero-order valence-corrected chi connectivity index (χ0v) is 55.1. The number of ether oxygens (including phenoxy) is 15. The molecule has 500 valence electrons. The number of benzene rings is 7. The Morgan fingerprint density at radius 2 is 0.768 bits per heavy atom. The third-order valence-corrected chi connectivity index (χ3v) is 18.3. The maximum atomic E-state index is 15.0. The second-order valence-electron chi connectivity index (χ2n) is 25.4. The van der Waals surface area contributed by atoms with Crippen molar-refractivity contribution in [2.24, 2.45) is 0 Å². The minimum absolute atomic E-state index is 0.0436. The van der Waals surface area contributed by atoms with Gasteiger partial charge in [0, 0.05) is 14.7 Å². The molecule has 19 nitrogen and oxygen atoms in total. The van der Waals surface area contributed by atoms with Gasteiger partial charge in [-0.3, -0.25) is 0 Å².